The molecule has 0 aliphatic heterocycles. The summed E-state index contributed by atoms with van der Waals surface area (Å²) < 4.78 is 5.71. The zero-order chi connectivity index (χ0) is 11.8. The molecule has 92 valence electrons. The number of ether oxygens (including phenoxy) is 1. The van der Waals surface area contributed by atoms with Gasteiger partial charge in [-0.05, 0) is 24.3 Å². The smallest absolute Gasteiger partial charge is 0.0650 e. The Labute approximate surface area is 104 Å². The SMILES string of the molecule is C(=C\c1ccccc1)/COCC1CCCCC1. The van der Waals surface area contributed by atoms with Gasteiger partial charge in [-0.1, -0.05) is 61.7 Å². The molecule has 1 aromatic carbocycles. The lowest BCUT2D eigenvalue weighted by atomic mass is 9.90. The van der Waals surface area contributed by atoms with Crippen LogP contribution in [0.1, 0.15) is 37.7 Å². The van der Waals surface area contributed by atoms with E-state index in [1.54, 1.807) is 0 Å². The second-order valence-corrected chi connectivity index (χ2v) is 4.85. The summed E-state index contributed by atoms with van der Waals surface area (Å²) >= 11 is 0. The van der Waals surface area contributed by atoms with Gasteiger partial charge in [0.1, 0.15) is 0 Å². The molecule has 0 atom stereocenters. The van der Waals surface area contributed by atoms with Crippen molar-refractivity contribution in [3.63, 3.8) is 0 Å². The van der Waals surface area contributed by atoms with Crippen LogP contribution in [0.4, 0.5) is 0 Å². The molecule has 17 heavy (non-hydrogen) atoms. The number of hydrogen-bond donors (Lipinski definition) is 0. The van der Waals surface area contributed by atoms with Gasteiger partial charge >= 0.3 is 0 Å². The fourth-order valence-corrected chi connectivity index (χ4v) is 2.40. The van der Waals surface area contributed by atoms with Crippen molar-refractivity contribution in [1.82, 2.24) is 0 Å². The lowest BCUT2D eigenvalue weighted by molar-refractivity contribution is 0.106. The summed E-state index contributed by atoms with van der Waals surface area (Å²) in [7, 11) is 0. The molecule has 1 nitrogen and oxygen atoms in total. The Kier molecular flexibility index (Phi) is 5.31. The normalized spacial score (nSPS) is 17.6. The Hall–Kier alpha value is -1.08. The van der Waals surface area contributed by atoms with Crippen LogP contribution < -0.4 is 0 Å². The minimum Gasteiger partial charge on any atom is -0.377 e. The Morgan fingerprint density at radius 1 is 1.06 bits per heavy atom. The fourth-order valence-electron chi connectivity index (χ4n) is 2.40. The fraction of sp³-hybridized carbons (Fsp3) is 0.500. The van der Waals surface area contributed by atoms with Crippen LogP contribution in [-0.2, 0) is 4.74 Å². The van der Waals surface area contributed by atoms with Crippen LogP contribution in [0.15, 0.2) is 36.4 Å². The Balaban J connectivity index is 1.61. The summed E-state index contributed by atoms with van der Waals surface area (Å²) in [5.41, 5.74) is 1.24. The predicted molar refractivity (Wildman–Crippen MR) is 72.9 cm³/mol. The van der Waals surface area contributed by atoms with E-state index in [0.717, 1.165) is 19.1 Å². The molecule has 0 spiro atoms. The van der Waals surface area contributed by atoms with Crippen LogP contribution in [0.2, 0.25) is 0 Å². The zero-order valence-electron chi connectivity index (χ0n) is 10.5. The Morgan fingerprint density at radius 3 is 2.59 bits per heavy atom. The molecule has 0 aromatic heterocycles. The molecule has 1 aromatic rings. The van der Waals surface area contributed by atoms with Gasteiger partial charge in [0.15, 0.2) is 0 Å². The Morgan fingerprint density at radius 2 is 1.82 bits per heavy atom. The third-order valence-electron chi connectivity index (χ3n) is 3.40. The van der Waals surface area contributed by atoms with E-state index in [1.165, 1.54) is 37.7 Å². The maximum atomic E-state index is 5.71. The highest BCUT2D eigenvalue weighted by molar-refractivity contribution is 5.48. The van der Waals surface area contributed by atoms with Gasteiger partial charge in [-0.25, -0.2) is 0 Å². The molecule has 0 radical (unpaired) electrons. The monoisotopic (exact) mass is 230 g/mol. The van der Waals surface area contributed by atoms with Gasteiger partial charge in [0.25, 0.3) is 0 Å². The predicted octanol–water partition coefficient (Wildman–Crippen LogP) is 4.30. The van der Waals surface area contributed by atoms with Crippen molar-refractivity contribution < 1.29 is 4.74 Å². The standard InChI is InChI=1S/C16H22O/c1-3-8-15(9-4-1)12-7-13-17-14-16-10-5-2-6-11-16/h1,3-4,7-9,12,16H,2,5-6,10-11,13-14H2/b12-7+. The Bertz CT molecular complexity index is 323. The average molecular weight is 230 g/mol. The first kappa shape index (κ1) is 12.4. The second-order valence-electron chi connectivity index (χ2n) is 4.85. The minimum atomic E-state index is 0.741. The number of hydrogen-bond acceptors (Lipinski definition) is 1. The highest BCUT2D eigenvalue weighted by Gasteiger charge is 2.12. The van der Waals surface area contributed by atoms with Crippen molar-refractivity contribution in [2.45, 2.75) is 32.1 Å². The van der Waals surface area contributed by atoms with E-state index in [2.05, 4.69) is 36.4 Å². The largest absolute Gasteiger partial charge is 0.377 e. The number of benzene rings is 1. The molecule has 0 N–H and O–H groups in total. The molecule has 1 saturated carbocycles. The van der Waals surface area contributed by atoms with Crippen LogP contribution in [0.25, 0.3) is 6.08 Å². The van der Waals surface area contributed by atoms with Gasteiger partial charge in [0.2, 0.25) is 0 Å². The van der Waals surface area contributed by atoms with Crippen molar-refractivity contribution in [3.05, 3.63) is 42.0 Å². The second kappa shape index (κ2) is 7.29. The van der Waals surface area contributed by atoms with Gasteiger partial charge in [0.05, 0.1) is 6.61 Å². The van der Waals surface area contributed by atoms with Crippen LogP contribution in [0, 0.1) is 5.92 Å². The maximum absolute atomic E-state index is 5.71. The van der Waals surface area contributed by atoms with E-state index in [-0.39, 0.29) is 0 Å². The average Bonchev–Trinajstić information content (AvgIpc) is 2.41. The van der Waals surface area contributed by atoms with Crippen LogP contribution in [-0.4, -0.2) is 13.2 Å². The molecule has 0 saturated heterocycles. The van der Waals surface area contributed by atoms with E-state index >= 15 is 0 Å². The number of rotatable bonds is 5. The van der Waals surface area contributed by atoms with Gasteiger partial charge in [0, 0.05) is 6.61 Å². The molecular weight excluding hydrogens is 208 g/mol. The molecule has 2 rings (SSSR count). The minimum absolute atomic E-state index is 0.741. The molecule has 1 fully saturated rings. The van der Waals surface area contributed by atoms with Gasteiger partial charge in [-0.3, -0.25) is 0 Å². The summed E-state index contributed by atoms with van der Waals surface area (Å²) in [5, 5.41) is 0. The first-order chi connectivity index (χ1) is 8.45. The van der Waals surface area contributed by atoms with Crippen LogP contribution in [0.3, 0.4) is 0 Å². The molecule has 0 heterocycles. The van der Waals surface area contributed by atoms with E-state index < -0.39 is 0 Å². The molecule has 1 aliphatic rings. The summed E-state index contributed by atoms with van der Waals surface area (Å²) in [6, 6.07) is 10.4. The molecule has 0 amide bonds. The van der Waals surface area contributed by atoms with Crippen LogP contribution >= 0.6 is 0 Å². The lowest BCUT2D eigenvalue weighted by Gasteiger charge is -2.20. The molecular formula is C16H22O. The third kappa shape index (κ3) is 4.74. The summed E-state index contributed by atoms with van der Waals surface area (Å²) in [6.45, 7) is 1.69. The summed E-state index contributed by atoms with van der Waals surface area (Å²) in [5.74, 6) is 0.814. The topological polar surface area (TPSA) is 9.23 Å². The van der Waals surface area contributed by atoms with Gasteiger partial charge in [-0.15, -0.1) is 0 Å². The van der Waals surface area contributed by atoms with Crippen molar-refractivity contribution >= 4 is 6.08 Å². The summed E-state index contributed by atoms with van der Waals surface area (Å²) in [6.07, 6.45) is 11.2. The van der Waals surface area contributed by atoms with E-state index in [0.29, 0.717) is 0 Å². The molecule has 0 unspecified atom stereocenters. The van der Waals surface area contributed by atoms with E-state index in [4.69, 9.17) is 4.74 Å². The first-order valence-electron chi connectivity index (χ1n) is 6.74. The molecule has 0 bridgehead atoms. The van der Waals surface area contributed by atoms with Gasteiger partial charge in [-0.2, -0.15) is 0 Å². The molecule has 1 aliphatic carbocycles. The van der Waals surface area contributed by atoms with E-state index in [1.807, 2.05) is 6.07 Å². The molecule has 1 heteroatoms. The third-order valence-corrected chi connectivity index (χ3v) is 3.40. The summed E-state index contributed by atoms with van der Waals surface area (Å²) in [4.78, 5) is 0. The van der Waals surface area contributed by atoms with Crippen LogP contribution in [0.5, 0.6) is 0 Å². The van der Waals surface area contributed by atoms with Gasteiger partial charge < -0.3 is 4.74 Å². The van der Waals surface area contributed by atoms with E-state index in [9.17, 15) is 0 Å². The highest BCUT2D eigenvalue weighted by atomic mass is 16.5. The van der Waals surface area contributed by atoms with Crippen molar-refractivity contribution in [1.29, 1.82) is 0 Å². The lowest BCUT2D eigenvalue weighted by Crippen LogP contribution is -2.13. The quantitative estimate of drug-likeness (QED) is 0.685. The highest BCUT2D eigenvalue weighted by Crippen LogP contribution is 2.23. The van der Waals surface area contributed by atoms with Crippen molar-refractivity contribution in [2.24, 2.45) is 5.92 Å². The maximum Gasteiger partial charge on any atom is 0.0650 e. The zero-order valence-corrected chi connectivity index (χ0v) is 10.5. The van der Waals surface area contributed by atoms with Crippen molar-refractivity contribution in [2.75, 3.05) is 13.2 Å². The van der Waals surface area contributed by atoms with Crippen molar-refractivity contribution in [3.8, 4) is 0 Å². The first-order valence-corrected chi connectivity index (χ1v) is 6.74.